The van der Waals surface area contributed by atoms with Gasteiger partial charge in [0.15, 0.2) is 0 Å². The number of para-hydroxylation sites is 1. The second kappa shape index (κ2) is 6.24. The predicted octanol–water partition coefficient (Wildman–Crippen LogP) is 4.52. The van der Waals surface area contributed by atoms with Gasteiger partial charge in [0, 0.05) is 10.6 Å². The molecule has 0 aliphatic rings. The Kier molecular flexibility index (Phi) is 4.62. The summed E-state index contributed by atoms with van der Waals surface area (Å²) in [6.07, 6.45) is 0. The maximum absolute atomic E-state index is 13.1. The van der Waals surface area contributed by atoms with Gasteiger partial charge in [0.2, 0.25) is 0 Å². The van der Waals surface area contributed by atoms with E-state index in [1.165, 1.54) is 24.3 Å². The molecule has 1 N–H and O–H groups in total. The Morgan fingerprint density at radius 1 is 1.35 bits per heavy atom. The Morgan fingerprint density at radius 2 is 2.10 bits per heavy atom. The number of carboxylic acid groups (broad SMARTS) is 1. The van der Waals surface area contributed by atoms with Crippen LogP contribution in [-0.4, -0.2) is 11.1 Å². The van der Waals surface area contributed by atoms with Crippen molar-refractivity contribution in [3.63, 3.8) is 0 Å². The van der Waals surface area contributed by atoms with Gasteiger partial charge in [0.25, 0.3) is 0 Å². The first-order chi connectivity index (χ1) is 9.49. The second-order valence-corrected chi connectivity index (χ2v) is 5.21. The number of hydrogen-bond acceptors (Lipinski definition) is 2. The largest absolute Gasteiger partial charge is 0.487 e. The van der Waals surface area contributed by atoms with Gasteiger partial charge in [-0.25, -0.2) is 9.18 Å². The molecule has 104 valence electrons. The van der Waals surface area contributed by atoms with Crippen LogP contribution in [0.25, 0.3) is 0 Å². The molecule has 2 rings (SSSR count). The van der Waals surface area contributed by atoms with Gasteiger partial charge in [0.05, 0.1) is 4.47 Å². The SMILES string of the molecule is O=C(O)c1cccc(Br)c1OCc1cc(F)ccc1Cl. The van der Waals surface area contributed by atoms with Crippen molar-refractivity contribution in [2.75, 3.05) is 0 Å². The lowest BCUT2D eigenvalue weighted by Gasteiger charge is -2.12. The molecule has 3 nitrogen and oxygen atoms in total. The van der Waals surface area contributed by atoms with Crippen molar-refractivity contribution in [3.8, 4) is 5.75 Å². The fraction of sp³-hybridized carbons (Fsp3) is 0.0714. The molecule has 0 aromatic heterocycles. The van der Waals surface area contributed by atoms with Crippen molar-refractivity contribution in [1.82, 2.24) is 0 Å². The highest BCUT2D eigenvalue weighted by Crippen LogP contribution is 2.30. The zero-order valence-corrected chi connectivity index (χ0v) is 12.4. The van der Waals surface area contributed by atoms with Crippen LogP contribution in [0.4, 0.5) is 4.39 Å². The minimum Gasteiger partial charge on any atom is -0.487 e. The van der Waals surface area contributed by atoms with Crippen LogP contribution < -0.4 is 4.74 Å². The molecule has 0 bridgehead atoms. The molecular formula is C14H9BrClFO3. The molecule has 0 fully saturated rings. The number of carboxylic acids is 1. The first-order valence-corrected chi connectivity index (χ1v) is 6.74. The molecule has 2 aromatic carbocycles. The standard InChI is InChI=1S/C14H9BrClFO3/c15-11-3-1-2-10(14(18)19)13(11)20-7-8-6-9(17)4-5-12(8)16/h1-6H,7H2,(H,18,19). The van der Waals surface area contributed by atoms with Crippen LogP contribution in [0.2, 0.25) is 5.02 Å². The normalized spacial score (nSPS) is 10.3. The molecule has 0 amide bonds. The number of halogens is 3. The lowest BCUT2D eigenvalue weighted by atomic mass is 10.2. The van der Waals surface area contributed by atoms with Gasteiger partial charge in [-0.1, -0.05) is 17.7 Å². The van der Waals surface area contributed by atoms with E-state index in [0.29, 0.717) is 15.1 Å². The summed E-state index contributed by atoms with van der Waals surface area (Å²) in [5.74, 6) is -1.36. The van der Waals surface area contributed by atoms with Gasteiger partial charge >= 0.3 is 5.97 Å². The van der Waals surface area contributed by atoms with Crippen LogP contribution in [-0.2, 0) is 6.61 Å². The van der Waals surface area contributed by atoms with E-state index in [9.17, 15) is 9.18 Å². The molecular weight excluding hydrogens is 351 g/mol. The van der Waals surface area contributed by atoms with E-state index in [4.69, 9.17) is 21.4 Å². The zero-order valence-electron chi connectivity index (χ0n) is 10.1. The van der Waals surface area contributed by atoms with Gasteiger partial charge in [-0.2, -0.15) is 0 Å². The predicted molar refractivity (Wildman–Crippen MR) is 76.8 cm³/mol. The topological polar surface area (TPSA) is 46.5 Å². The minimum absolute atomic E-state index is 0.0203. The van der Waals surface area contributed by atoms with Gasteiger partial charge in [0.1, 0.15) is 23.7 Å². The summed E-state index contributed by atoms with van der Waals surface area (Å²) in [7, 11) is 0. The van der Waals surface area contributed by atoms with Crippen molar-refractivity contribution in [3.05, 3.63) is 62.8 Å². The summed E-state index contributed by atoms with van der Waals surface area (Å²) >= 11 is 9.16. The Labute approximate surface area is 128 Å². The fourth-order valence-electron chi connectivity index (χ4n) is 1.63. The van der Waals surface area contributed by atoms with Crippen molar-refractivity contribution < 1.29 is 19.0 Å². The summed E-state index contributed by atoms with van der Waals surface area (Å²) < 4.78 is 19.1. The molecule has 0 heterocycles. The highest BCUT2D eigenvalue weighted by atomic mass is 79.9. The number of benzene rings is 2. The molecule has 0 aliphatic carbocycles. The van der Waals surface area contributed by atoms with Crippen molar-refractivity contribution >= 4 is 33.5 Å². The summed E-state index contributed by atoms with van der Waals surface area (Å²) in [4.78, 5) is 11.1. The summed E-state index contributed by atoms with van der Waals surface area (Å²) in [5, 5.41) is 9.46. The van der Waals surface area contributed by atoms with Crippen molar-refractivity contribution in [1.29, 1.82) is 0 Å². The van der Waals surface area contributed by atoms with Gasteiger partial charge in [-0.05, 0) is 46.3 Å². The van der Waals surface area contributed by atoms with Crippen LogP contribution in [0.15, 0.2) is 40.9 Å². The van der Waals surface area contributed by atoms with Gasteiger partial charge in [-0.3, -0.25) is 0 Å². The number of ether oxygens (including phenoxy) is 1. The van der Waals surface area contributed by atoms with E-state index in [-0.39, 0.29) is 17.9 Å². The average Bonchev–Trinajstić information content (AvgIpc) is 2.40. The van der Waals surface area contributed by atoms with Crippen LogP contribution in [0.1, 0.15) is 15.9 Å². The van der Waals surface area contributed by atoms with Crippen LogP contribution in [0, 0.1) is 5.82 Å². The lowest BCUT2D eigenvalue weighted by Crippen LogP contribution is -2.04. The molecule has 0 atom stereocenters. The van der Waals surface area contributed by atoms with E-state index in [2.05, 4.69) is 15.9 Å². The van der Waals surface area contributed by atoms with Crippen molar-refractivity contribution in [2.45, 2.75) is 6.61 Å². The van der Waals surface area contributed by atoms with E-state index >= 15 is 0 Å². The molecule has 0 radical (unpaired) electrons. The summed E-state index contributed by atoms with van der Waals surface area (Å²) in [5.41, 5.74) is 0.464. The number of carbonyl (C=O) groups is 1. The molecule has 0 spiro atoms. The second-order valence-electron chi connectivity index (χ2n) is 3.95. The third-order valence-electron chi connectivity index (χ3n) is 2.58. The first-order valence-electron chi connectivity index (χ1n) is 5.57. The molecule has 0 aliphatic heterocycles. The Balaban J connectivity index is 2.27. The van der Waals surface area contributed by atoms with Gasteiger partial charge in [-0.15, -0.1) is 0 Å². The number of aromatic carboxylic acids is 1. The molecule has 0 unspecified atom stereocenters. The summed E-state index contributed by atoms with van der Waals surface area (Å²) in [6, 6.07) is 8.60. The maximum atomic E-state index is 13.1. The zero-order chi connectivity index (χ0) is 14.7. The quantitative estimate of drug-likeness (QED) is 0.873. The van der Waals surface area contributed by atoms with E-state index < -0.39 is 11.8 Å². The Hall–Kier alpha value is -1.59. The highest BCUT2D eigenvalue weighted by molar-refractivity contribution is 9.10. The fourth-order valence-corrected chi connectivity index (χ4v) is 2.28. The number of hydrogen-bond donors (Lipinski definition) is 1. The van der Waals surface area contributed by atoms with Crippen LogP contribution in [0.5, 0.6) is 5.75 Å². The number of rotatable bonds is 4. The molecule has 6 heteroatoms. The monoisotopic (exact) mass is 358 g/mol. The molecule has 0 saturated carbocycles. The summed E-state index contributed by atoms with van der Waals surface area (Å²) in [6.45, 7) is -0.0283. The average molecular weight is 360 g/mol. The van der Waals surface area contributed by atoms with Crippen LogP contribution in [0.3, 0.4) is 0 Å². The molecule has 0 saturated heterocycles. The van der Waals surface area contributed by atoms with E-state index in [0.717, 1.165) is 0 Å². The molecule has 2 aromatic rings. The first kappa shape index (κ1) is 14.8. The third-order valence-corrected chi connectivity index (χ3v) is 3.57. The highest BCUT2D eigenvalue weighted by Gasteiger charge is 2.15. The van der Waals surface area contributed by atoms with E-state index in [1.54, 1.807) is 12.1 Å². The third kappa shape index (κ3) is 3.29. The Morgan fingerprint density at radius 3 is 2.80 bits per heavy atom. The Bertz CT molecular complexity index is 661. The van der Waals surface area contributed by atoms with Gasteiger partial charge < -0.3 is 9.84 Å². The maximum Gasteiger partial charge on any atom is 0.339 e. The van der Waals surface area contributed by atoms with E-state index in [1.807, 2.05) is 0 Å². The lowest BCUT2D eigenvalue weighted by molar-refractivity contribution is 0.0691. The van der Waals surface area contributed by atoms with Crippen LogP contribution >= 0.6 is 27.5 Å². The molecule has 20 heavy (non-hydrogen) atoms. The van der Waals surface area contributed by atoms with Crippen molar-refractivity contribution in [2.24, 2.45) is 0 Å². The smallest absolute Gasteiger partial charge is 0.339 e. The minimum atomic E-state index is -1.10.